The standard InChI is InChI=1S/C23H36O2.2C2H6/c1-14(2)17(5)20-15(3)13-22(8)16(4)9-10-18-21(6,7)19(24)11-12-23(18,22)25-20;2*1-2/h16,18H,9-13H2,1-8H3;2*1-2H3. The van der Waals surface area contributed by atoms with Crippen molar-refractivity contribution in [3.05, 3.63) is 22.5 Å². The average molecular weight is 405 g/mol. The molecule has 0 aromatic rings. The van der Waals surface area contributed by atoms with Crippen LogP contribution in [-0.2, 0) is 9.53 Å². The Kier molecular flexibility index (Phi) is 8.42. The highest BCUT2D eigenvalue weighted by molar-refractivity contribution is 5.85. The van der Waals surface area contributed by atoms with Crippen molar-refractivity contribution in [1.29, 1.82) is 0 Å². The molecular weight excluding hydrogens is 356 g/mol. The highest BCUT2D eigenvalue weighted by atomic mass is 16.5. The first-order valence-electron chi connectivity index (χ1n) is 12.0. The van der Waals surface area contributed by atoms with Crippen molar-refractivity contribution >= 4 is 5.78 Å². The molecule has 0 aromatic heterocycles. The van der Waals surface area contributed by atoms with Gasteiger partial charge in [-0.15, -0.1) is 0 Å². The van der Waals surface area contributed by atoms with E-state index in [0.29, 0.717) is 24.0 Å². The summed E-state index contributed by atoms with van der Waals surface area (Å²) in [5.74, 6) is 2.48. The SMILES string of the molecule is CC.CC.CC(C)=C(C)C1=C(C)CC2(C)C(C)CCC3C(C)(C)C(=O)CCC32O1. The summed E-state index contributed by atoms with van der Waals surface area (Å²) in [4.78, 5) is 12.7. The molecular formula is C27H48O2. The van der Waals surface area contributed by atoms with Crippen LogP contribution >= 0.6 is 0 Å². The van der Waals surface area contributed by atoms with Gasteiger partial charge in [0.15, 0.2) is 0 Å². The summed E-state index contributed by atoms with van der Waals surface area (Å²) < 4.78 is 7.04. The van der Waals surface area contributed by atoms with E-state index in [0.717, 1.165) is 25.0 Å². The number of hydrogen-bond acceptors (Lipinski definition) is 2. The van der Waals surface area contributed by atoms with Crippen molar-refractivity contribution in [3.63, 3.8) is 0 Å². The van der Waals surface area contributed by atoms with Gasteiger partial charge >= 0.3 is 0 Å². The number of carbonyl (C=O) groups excluding carboxylic acids is 1. The molecule has 0 radical (unpaired) electrons. The zero-order valence-electron chi connectivity index (χ0n) is 21.5. The van der Waals surface area contributed by atoms with Gasteiger partial charge in [-0.1, -0.05) is 61.0 Å². The third kappa shape index (κ3) is 3.98. The molecule has 1 aliphatic heterocycles. The van der Waals surface area contributed by atoms with Gasteiger partial charge in [-0.2, -0.15) is 0 Å². The third-order valence-electron chi connectivity index (χ3n) is 8.21. The van der Waals surface area contributed by atoms with Crippen LogP contribution in [0.3, 0.4) is 0 Å². The number of rotatable bonds is 1. The van der Waals surface area contributed by atoms with Gasteiger partial charge in [-0.25, -0.2) is 0 Å². The molecule has 2 nitrogen and oxygen atoms in total. The van der Waals surface area contributed by atoms with Gasteiger partial charge in [-0.3, -0.25) is 4.79 Å². The first kappa shape index (κ1) is 26.0. The lowest BCUT2D eigenvalue weighted by atomic mass is 9.44. The number of ketones is 1. The number of carbonyl (C=O) groups is 1. The van der Waals surface area contributed by atoms with Crippen molar-refractivity contribution < 1.29 is 9.53 Å². The second-order valence-corrected chi connectivity index (χ2v) is 10.00. The number of ether oxygens (including phenoxy) is 1. The Balaban J connectivity index is 0.000000989. The monoisotopic (exact) mass is 404 g/mol. The fourth-order valence-corrected chi connectivity index (χ4v) is 6.09. The lowest BCUT2D eigenvalue weighted by molar-refractivity contribution is -0.231. The van der Waals surface area contributed by atoms with Crippen molar-refractivity contribution in [2.45, 2.75) is 121 Å². The normalized spacial score (nSPS) is 35.0. The van der Waals surface area contributed by atoms with Crippen LogP contribution < -0.4 is 0 Å². The van der Waals surface area contributed by atoms with Gasteiger partial charge in [0, 0.05) is 23.2 Å². The van der Waals surface area contributed by atoms with Gasteiger partial charge in [0.1, 0.15) is 17.1 Å². The molecule has 2 heteroatoms. The molecule has 168 valence electrons. The Morgan fingerprint density at radius 3 is 2.07 bits per heavy atom. The van der Waals surface area contributed by atoms with Gasteiger partial charge in [0.05, 0.1) is 0 Å². The molecule has 0 aromatic carbocycles. The fraction of sp³-hybridized carbons (Fsp3) is 0.815. The molecule has 2 aliphatic carbocycles. The molecule has 1 heterocycles. The third-order valence-corrected chi connectivity index (χ3v) is 8.21. The first-order valence-corrected chi connectivity index (χ1v) is 12.0. The van der Waals surface area contributed by atoms with E-state index in [1.54, 1.807) is 0 Å². The zero-order chi connectivity index (χ0) is 22.8. The zero-order valence-corrected chi connectivity index (χ0v) is 21.5. The second-order valence-electron chi connectivity index (χ2n) is 10.00. The van der Waals surface area contributed by atoms with Crippen molar-refractivity contribution in [2.75, 3.05) is 0 Å². The van der Waals surface area contributed by atoms with Crippen LogP contribution in [0.15, 0.2) is 22.5 Å². The van der Waals surface area contributed by atoms with E-state index < -0.39 is 0 Å². The molecule has 2 fully saturated rings. The van der Waals surface area contributed by atoms with Crippen LogP contribution in [0.1, 0.15) is 115 Å². The molecule has 0 N–H and O–H groups in total. The summed E-state index contributed by atoms with van der Waals surface area (Å²) in [5.41, 5.74) is 3.61. The molecule has 0 amide bonds. The summed E-state index contributed by atoms with van der Waals surface area (Å²) >= 11 is 0. The molecule has 4 atom stereocenters. The van der Waals surface area contributed by atoms with Crippen LogP contribution in [0.4, 0.5) is 0 Å². The largest absolute Gasteiger partial charge is 0.486 e. The predicted molar refractivity (Wildman–Crippen MR) is 126 cm³/mol. The lowest BCUT2D eigenvalue weighted by Gasteiger charge is -2.65. The van der Waals surface area contributed by atoms with Gasteiger partial charge in [0.25, 0.3) is 0 Å². The summed E-state index contributed by atoms with van der Waals surface area (Å²) in [6.07, 6.45) is 4.94. The van der Waals surface area contributed by atoms with Crippen molar-refractivity contribution in [2.24, 2.45) is 22.7 Å². The Morgan fingerprint density at radius 2 is 1.55 bits per heavy atom. The smallest absolute Gasteiger partial charge is 0.139 e. The molecule has 3 rings (SSSR count). The Morgan fingerprint density at radius 1 is 1.00 bits per heavy atom. The maximum absolute atomic E-state index is 12.7. The minimum Gasteiger partial charge on any atom is -0.486 e. The van der Waals surface area contributed by atoms with E-state index >= 15 is 0 Å². The highest BCUT2D eigenvalue weighted by Gasteiger charge is 2.67. The Hall–Kier alpha value is -1.05. The van der Waals surface area contributed by atoms with Crippen LogP contribution in [0, 0.1) is 22.7 Å². The molecule has 2 saturated carbocycles. The minimum atomic E-state index is -0.283. The van der Waals surface area contributed by atoms with Crippen molar-refractivity contribution in [3.8, 4) is 0 Å². The quantitative estimate of drug-likeness (QED) is 0.439. The van der Waals surface area contributed by atoms with E-state index in [9.17, 15) is 4.79 Å². The Bertz CT molecular complexity index is 662. The molecule has 0 bridgehead atoms. The maximum Gasteiger partial charge on any atom is 0.139 e. The highest BCUT2D eigenvalue weighted by Crippen LogP contribution is 2.66. The summed E-state index contributed by atoms with van der Waals surface area (Å²) in [7, 11) is 0. The van der Waals surface area contributed by atoms with E-state index in [1.807, 2.05) is 27.7 Å². The number of Topliss-reactive ketones (excluding diaryl/α,β-unsaturated/α-hetero) is 1. The molecule has 4 unspecified atom stereocenters. The summed E-state index contributed by atoms with van der Waals surface area (Å²) in [5, 5.41) is 0. The van der Waals surface area contributed by atoms with Crippen LogP contribution in [0.25, 0.3) is 0 Å². The van der Waals surface area contributed by atoms with Gasteiger partial charge in [-0.05, 0) is 70.4 Å². The van der Waals surface area contributed by atoms with Gasteiger partial charge in [0.2, 0.25) is 0 Å². The number of hydrogen-bond donors (Lipinski definition) is 0. The van der Waals surface area contributed by atoms with Crippen LogP contribution in [-0.4, -0.2) is 11.4 Å². The Labute approximate surface area is 181 Å². The summed E-state index contributed by atoms with van der Waals surface area (Å²) in [6.45, 7) is 25.9. The minimum absolute atomic E-state index is 0.114. The maximum atomic E-state index is 12.7. The van der Waals surface area contributed by atoms with E-state index in [1.165, 1.54) is 23.1 Å². The van der Waals surface area contributed by atoms with Crippen LogP contribution in [0.2, 0.25) is 0 Å². The number of allylic oxidation sites excluding steroid dienone is 3. The average Bonchev–Trinajstić information content (AvgIpc) is 2.69. The molecule has 3 aliphatic rings. The molecule has 1 spiro atoms. The second kappa shape index (κ2) is 9.40. The fourth-order valence-electron chi connectivity index (χ4n) is 6.09. The summed E-state index contributed by atoms with van der Waals surface area (Å²) in [6, 6.07) is 0. The van der Waals surface area contributed by atoms with Crippen LogP contribution in [0.5, 0.6) is 0 Å². The topological polar surface area (TPSA) is 26.3 Å². The van der Waals surface area contributed by atoms with E-state index in [2.05, 4.69) is 55.4 Å². The van der Waals surface area contributed by atoms with E-state index in [4.69, 9.17) is 4.74 Å². The first-order chi connectivity index (χ1) is 13.5. The molecule has 29 heavy (non-hydrogen) atoms. The van der Waals surface area contributed by atoms with Gasteiger partial charge < -0.3 is 4.74 Å². The molecule has 0 saturated heterocycles. The predicted octanol–water partition coefficient (Wildman–Crippen LogP) is 8.27. The lowest BCUT2D eigenvalue weighted by Crippen LogP contribution is -2.67. The van der Waals surface area contributed by atoms with Crippen molar-refractivity contribution in [1.82, 2.24) is 0 Å². The van der Waals surface area contributed by atoms with E-state index in [-0.39, 0.29) is 16.4 Å².